The minimum atomic E-state index is -0.448. The maximum atomic E-state index is 11.5. The van der Waals surface area contributed by atoms with Gasteiger partial charge in [0.2, 0.25) is 5.88 Å². The quantitative estimate of drug-likeness (QED) is 0.806. The van der Waals surface area contributed by atoms with Crippen molar-refractivity contribution >= 4 is 5.97 Å². The Morgan fingerprint density at radius 2 is 2.14 bits per heavy atom. The number of aromatic nitrogens is 3. The normalized spacial score (nSPS) is 14.0. The van der Waals surface area contributed by atoms with E-state index in [4.69, 9.17) is 9.47 Å². The van der Waals surface area contributed by atoms with Crippen molar-refractivity contribution in [2.75, 3.05) is 7.11 Å². The number of esters is 1. The van der Waals surface area contributed by atoms with Crippen molar-refractivity contribution in [3.05, 3.63) is 29.6 Å². The van der Waals surface area contributed by atoms with Gasteiger partial charge in [-0.1, -0.05) is 0 Å². The lowest BCUT2D eigenvalue weighted by molar-refractivity contribution is 0.0593. The van der Waals surface area contributed by atoms with Gasteiger partial charge < -0.3 is 9.47 Å². The molecule has 21 heavy (non-hydrogen) atoms. The first-order valence-electron chi connectivity index (χ1n) is 6.84. The van der Waals surface area contributed by atoms with Gasteiger partial charge in [0.1, 0.15) is 6.10 Å². The van der Waals surface area contributed by atoms with Gasteiger partial charge in [0.05, 0.1) is 12.8 Å². The number of carbonyl (C=O) groups excluding carboxylic acids is 1. The smallest absolute Gasteiger partial charge is 0.358 e. The summed E-state index contributed by atoms with van der Waals surface area (Å²) in [6, 6.07) is 3.62. The molecule has 2 heterocycles. The van der Waals surface area contributed by atoms with Gasteiger partial charge in [-0.05, 0) is 31.4 Å². The molecule has 0 spiro atoms. The van der Waals surface area contributed by atoms with Crippen LogP contribution in [0.3, 0.4) is 0 Å². The van der Waals surface area contributed by atoms with E-state index in [0.29, 0.717) is 12.0 Å². The number of carbonyl (C=O) groups is 1. The average molecular weight is 287 g/mol. The Morgan fingerprint density at radius 1 is 1.38 bits per heavy atom. The fourth-order valence-corrected chi connectivity index (χ4v) is 2.14. The molecule has 0 N–H and O–H groups in total. The fourth-order valence-electron chi connectivity index (χ4n) is 2.14. The molecule has 0 aliphatic heterocycles. The van der Waals surface area contributed by atoms with Crippen LogP contribution in [0.1, 0.15) is 28.9 Å². The Labute approximate surface area is 122 Å². The average Bonchev–Trinajstić information content (AvgIpc) is 3.19. The Balaban J connectivity index is 1.92. The van der Waals surface area contributed by atoms with E-state index in [1.54, 1.807) is 24.0 Å². The van der Waals surface area contributed by atoms with E-state index in [9.17, 15) is 4.79 Å². The first kappa shape index (κ1) is 13.6. The summed E-state index contributed by atoms with van der Waals surface area (Å²) in [5.74, 6) is 0.199. The Hall–Kier alpha value is -2.37. The number of hydrogen-bond donors (Lipinski definition) is 0. The predicted octanol–water partition coefficient (Wildman–Crippen LogP) is 2.12. The van der Waals surface area contributed by atoms with Crippen molar-refractivity contribution in [3.8, 4) is 17.1 Å². The molecule has 0 radical (unpaired) electrons. The predicted molar refractivity (Wildman–Crippen MR) is 76.2 cm³/mol. The van der Waals surface area contributed by atoms with Gasteiger partial charge >= 0.3 is 5.97 Å². The van der Waals surface area contributed by atoms with Crippen LogP contribution in [0.15, 0.2) is 18.3 Å². The molecule has 1 saturated carbocycles. The third-order valence-electron chi connectivity index (χ3n) is 3.45. The zero-order valence-electron chi connectivity index (χ0n) is 12.3. The van der Waals surface area contributed by atoms with Crippen molar-refractivity contribution in [3.63, 3.8) is 0 Å². The van der Waals surface area contributed by atoms with Crippen LogP contribution in [-0.4, -0.2) is 33.9 Å². The first-order chi connectivity index (χ1) is 10.1. The van der Waals surface area contributed by atoms with E-state index >= 15 is 0 Å². The van der Waals surface area contributed by atoms with Crippen molar-refractivity contribution in [2.24, 2.45) is 7.05 Å². The SMILES string of the molecule is COC(=O)c1cc(-c2cnc(OC3CC3)cc2C)n(C)n1. The van der Waals surface area contributed by atoms with Crippen molar-refractivity contribution in [2.45, 2.75) is 25.9 Å². The van der Waals surface area contributed by atoms with Crippen LogP contribution in [0.2, 0.25) is 0 Å². The van der Waals surface area contributed by atoms with E-state index in [0.717, 1.165) is 29.7 Å². The molecular formula is C15H17N3O3. The van der Waals surface area contributed by atoms with Crippen LogP contribution >= 0.6 is 0 Å². The largest absolute Gasteiger partial charge is 0.474 e. The highest BCUT2D eigenvalue weighted by Crippen LogP contribution is 2.29. The summed E-state index contributed by atoms with van der Waals surface area (Å²) in [5, 5.41) is 4.16. The number of ether oxygens (including phenoxy) is 2. The van der Waals surface area contributed by atoms with E-state index in [2.05, 4.69) is 10.1 Å². The van der Waals surface area contributed by atoms with Gasteiger partial charge in [0.15, 0.2) is 5.69 Å². The number of nitrogens with zero attached hydrogens (tertiary/aromatic N) is 3. The van der Waals surface area contributed by atoms with E-state index in [1.165, 1.54) is 7.11 Å². The lowest BCUT2D eigenvalue weighted by Gasteiger charge is -2.08. The molecular weight excluding hydrogens is 270 g/mol. The maximum Gasteiger partial charge on any atom is 0.358 e. The minimum absolute atomic E-state index is 0.285. The van der Waals surface area contributed by atoms with Crippen LogP contribution in [-0.2, 0) is 11.8 Å². The molecule has 110 valence electrons. The highest BCUT2D eigenvalue weighted by molar-refractivity contribution is 5.88. The number of hydrogen-bond acceptors (Lipinski definition) is 5. The number of rotatable bonds is 4. The minimum Gasteiger partial charge on any atom is -0.474 e. The molecule has 6 heteroatoms. The van der Waals surface area contributed by atoms with Gasteiger partial charge in [-0.3, -0.25) is 4.68 Å². The van der Waals surface area contributed by atoms with Gasteiger partial charge in [0.25, 0.3) is 0 Å². The third-order valence-corrected chi connectivity index (χ3v) is 3.45. The number of methoxy groups -OCH3 is 1. The summed E-state index contributed by atoms with van der Waals surface area (Å²) in [4.78, 5) is 15.9. The van der Waals surface area contributed by atoms with Gasteiger partial charge in [-0.25, -0.2) is 9.78 Å². The molecule has 1 aliphatic carbocycles. The van der Waals surface area contributed by atoms with Crippen molar-refractivity contribution in [1.29, 1.82) is 0 Å². The third kappa shape index (κ3) is 2.74. The molecule has 1 aliphatic rings. The lowest BCUT2D eigenvalue weighted by Crippen LogP contribution is -2.03. The molecule has 0 unspecified atom stereocenters. The van der Waals surface area contributed by atoms with Crippen LogP contribution in [0, 0.1) is 6.92 Å². The highest BCUT2D eigenvalue weighted by atomic mass is 16.5. The van der Waals surface area contributed by atoms with Crippen molar-refractivity contribution < 1.29 is 14.3 Å². The number of aryl methyl sites for hydroxylation is 2. The second kappa shape index (κ2) is 5.20. The second-order valence-corrected chi connectivity index (χ2v) is 5.18. The number of pyridine rings is 1. The topological polar surface area (TPSA) is 66.2 Å². The molecule has 3 rings (SSSR count). The Bertz CT molecular complexity index is 689. The molecule has 6 nitrogen and oxygen atoms in total. The van der Waals surface area contributed by atoms with Gasteiger partial charge in [0, 0.05) is 24.9 Å². The van der Waals surface area contributed by atoms with Crippen LogP contribution in [0.4, 0.5) is 0 Å². The molecule has 1 fully saturated rings. The summed E-state index contributed by atoms with van der Waals surface area (Å²) >= 11 is 0. The zero-order chi connectivity index (χ0) is 15.0. The van der Waals surface area contributed by atoms with Crippen LogP contribution < -0.4 is 4.74 Å². The summed E-state index contributed by atoms with van der Waals surface area (Å²) in [6.45, 7) is 1.99. The van der Waals surface area contributed by atoms with Crippen molar-refractivity contribution in [1.82, 2.24) is 14.8 Å². The molecule has 0 aromatic carbocycles. The van der Waals surface area contributed by atoms with Gasteiger partial charge in [-0.15, -0.1) is 0 Å². The van der Waals surface area contributed by atoms with Crippen LogP contribution in [0.5, 0.6) is 5.88 Å². The fraction of sp³-hybridized carbons (Fsp3) is 0.400. The molecule has 2 aromatic heterocycles. The zero-order valence-corrected chi connectivity index (χ0v) is 12.3. The molecule has 0 atom stereocenters. The van der Waals surface area contributed by atoms with Crippen LogP contribution in [0.25, 0.3) is 11.3 Å². The summed E-state index contributed by atoms with van der Waals surface area (Å²) in [6.07, 6.45) is 4.29. The molecule has 0 amide bonds. The lowest BCUT2D eigenvalue weighted by atomic mass is 10.1. The first-order valence-corrected chi connectivity index (χ1v) is 6.84. The standard InChI is InChI=1S/C15H17N3O3/c1-9-6-14(21-10-4-5-10)16-8-11(9)13-7-12(15(19)20-3)17-18(13)2/h6-8,10H,4-5H2,1-3H3. The summed E-state index contributed by atoms with van der Waals surface area (Å²) in [7, 11) is 3.13. The summed E-state index contributed by atoms with van der Waals surface area (Å²) < 4.78 is 12.0. The maximum absolute atomic E-state index is 11.5. The Kier molecular flexibility index (Phi) is 3.37. The second-order valence-electron chi connectivity index (χ2n) is 5.18. The van der Waals surface area contributed by atoms with E-state index < -0.39 is 5.97 Å². The van der Waals surface area contributed by atoms with E-state index in [-0.39, 0.29) is 5.69 Å². The molecule has 2 aromatic rings. The van der Waals surface area contributed by atoms with E-state index in [1.807, 2.05) is 13.0 Å². The highest BCUT2D eigenvalue weighted by Gasteiger charge is 2.24. The summed E-state index contributed by atoms with van der Waals surface area (Å²) in [5.41, 5.74) is 3.05. The molecule has 0 saturated heterocycles. The molecule has 0 bridgehead atoms. The monoisotopic (exact) mass is 287 g/mol. The Morgan fingerprint density at radius 3 is 2.76 bits per heavy atom. The van der Waals surface area contributed by atoms with Gasteiger partial charge in [-0.2, -0.15) is 5.10 Å².